The molecule has 0 unspecified atom stereocenters. The second-order valence-electron chi connectivity index (χ2n) is 8.40. The first-order valence-corrected chi connectivity index (χ1v) is 12.6. The Morgan fingerprint density at radius 3 is 1.88 bits per heavy atom. The molecule has 4 nitrogen and oxygen atoms in total. The van der Waals surface area contributed by atoms with Crippen molar-refractivity contribution < 1.29 is 23.5 Å². The molecule has 1 aromatic rings. The summed E-state index contributed by atoms with van der Waals surface area (Å²) in [6.07, 6.45) is 13.6. The number of hydrogen-bond donors (Lipinski definition) is 0. The highest BCUT2D eigenvalue weighted by Gasteiger charge is 2.46. The van der Waals surface area contributed by atoms with Crippen molar-refractivity contribution in [3.8, 4) is 5.75 Å². The van der Waals surface area contributed by atoms with Gasteiger partial charge in [-0.25, -0.2) is 4.39 Å². The largest absolute Gasteiger partial charge is 0.465 e. The Labute approximate surface area is 198 Å². The average molecular weight is 471 g/mol. The van der Waals surface area contributed by atoms with Gasteiger partial charge in [0.2, 0.25) is 0 Å². The fourth-order valence-corrected chi connectivity index (χ4v) is 3.95. The number of carbonyl (C=O) groups is 2. The van der Waals surface area contributed by atoms with Crippen molar-refractivity contribution in [3.05, 3.63) is 29.0 Å². The lowest BCUT2D eigenvalue weighted by molar-refractivity contribution is -0.168. The first kappa shape index (κ1) is 28.4. The van der Waals surface area contributed by atoms with Crippen molar-refractivity contribution in [2.45, 2.75) is 104 Å². The highest BCUT2D eigenvalue weighted by Crippen LogP contribution is 2.34. The Balaban J connectivity index is 2.39. The van der Waals surface area contributed by atoms with E-state index in [9.17, 15) is 14.0 Å². The minimum Gasteiger partial charge on any atom is -0.465 e. The van der Waals surface area contributed by atoms with Gasteiger partial charge >= 0.3 is 11.9 Å². The first-order chi connectivity index (χ1) is 15.4. The summed E-state index contributed by atoms with van der Waals surface area (Å²) in [5.74, 6) is -2.56. The first-order valence-electron chi connectivity index (χ1n) is 12.3. The molecule has 0 aliphatic carbocycles. The maximum atomic E-state index is 14.0. The van der Waals surface area contributed by atoms with Crippen LogP contribution in [0.3, 0.4) is 0 Å². The molecule has 32 heavy (non-hydrogen) atoms. The number of hydrogen-bond acceptors (Lipinski definition) is 4. The molecule has 1 aromatic carbocycles. The van der Waals surface area contributed by atoms with Gasteiger partial charge in [0.25, 0.3) is 0 Å². The predicted octanol–water partition coefficient (Wildman–Crippen LogP) is 8.05. The number of rotatable bonds is 17. The topological polar surface area (TPSA) is 52.6 Å². The summed E-state index contributed by atoms with van der Waals surface area (Å²) >= 11 is 5.95. The Morgan fingerprint density at radius 1 is 0.844 bits per heavy atom. The molecule has 0 amide bonds. The van der Waals surface area contributed by atoms with Gasteiger partial charge in [0.05, 0.1) is 11.6 Å². The van der Waals surface area contributed by atoms with E-state index in [2.05, 4.69) is 6.92 Å². The zero-order valence-electron chi connectivity index (χ0n) is 20.0. The van der Waals surface area contributed by atoms with E-state index in [1.807, 2.05) is 0 Å². The van der Waals surface area contributed by atoms with Crippen LogP contribution >= 0.6 is 11.6 Å². The van der Waals surface area contributed by atoms with E-state index in [0.717, 1.165) is 25.3 Å². The summed E-state index contributed by atoms with van der Waals surface area (Å²) in [4.78, 5) is 25.6. The third kappa shape index (κ3) is 9.09. The predicted molar refractivity (Wildman–Crippen MR) is 127 cm³/mol. The van der Waals surface area contributed by atoms with Gasteiger partial charge in [-0.2, -0.15) is 0 Å². The quantitative estimate of drug-likeness (QED) is 0.0999. The van der Waals surface area contributed by atoms with E-state index in [-0.39, 0.29) is 30.2 Å². The summed E-state index contributed by atoms with van der Waals surface area (Å²) in [7, 11) is 0. The number of unbranched alkanes of at least 4 members (excludes halogenated alkanes) is 10. The SMILES string of the molecule is CCCCCCCCCCCCCOC(=O)C(CC)(CC)C(=O)Oc1c(F)cccc1Cl. The number of benzene rings is 1. The Bertz CT molecular complexity index is 668. The third-order valence-corrected chi connectivity index (χ3v) is 6.38. The van der Waals surface area contributed by atoms with Crippen molar-refractivity contribution in [2.75, 3.05) is 6.61 Å². The van der Waals surface area contributed by atoms with E-state index in [1.54, 1.807) is 13.8 Å². The van der Waals surface area contributed by atoms with Gasteiger partial charge < -0.3 is 9.47 Å². The molecular weight excluding hydrogens is 431 g/mol. The Morgan fingerprint density at radius 2 is 1.38 bits per heavy atom. The smallest absolute Gasteiger partial charge is 0.329 e. The van der Waals surface area contributed by atoms with Crippen LogP contribution in [0.25, 0.3) is 0 Å². The van der Waals surface area contributed by atoms with Crippen LogP contribution in [0.1, 0.15) is 104 Å². The zero-order chi connectivity index (χ0) is 23.8. The molecule has 0 saturated heterocycles. The van der Waals surface area contributed by atoms with Crippen LogP contribution in [0.2, 0.25) is 5.02 Å². The molecular formula is C26H40ClFO4. The van der Waals surface area contributed by atoms with Gasteiger partial charge in [-0.05, 0) is 31.4 Å². The molecule has 0 aliphatic heterocycles. The number of ether oxygens (including phenoxy) is 2. The van der Waals surface area contributed by atoms with Crippen LogP contribution < -0.4 is 4.74 Å². The van der Waals surface area contributed by atoms with Crippen LogP contribution in [0.5, 0.6) is 5.75 Å². The third-order valence-electron chi connectivity index (χ3n) is 6.08. The molecule has 0 N–H and O–H groups in total. The minimum atomic E-state index is -1.47. The van der Waals surface area contributed by atoms with E-state index in [0.29, 0.717) is 0 Å². The zero-order valence-corrected chi connectivity index (χ0v) is 20.8. The van der Waals surface area contributed by atoms with Crippen molar-refractivity contribution in [2.24, 2.45) is 5.41 Å². The van der Waals surface area contributed by atoms with E-state index >= 15 is 0 Å². The average Bonchev–Trinajstić information content (AvgIpc) is 2.78. The number of carbonyl (C=O) groups excluding carboxylic acids is 2. The number of esters is 2. The fraction of sp³-hybridized carbons (Fsp3) is 0.692. The number of halogens is 2. The summed E-state index contributed by atoms with van der Waals surface area (Å²) in [6, 6.07) is 4.00. The van der Waals surface area contributed by atoms with Crippen molar-refractivity contribution >= 4 is 23.5 Å². The second-order valence-corrected chi connectivity index (χ2v) is 8.81. The number of para-hydroxylation sites is 1. The summed E-state index contributed by atoms with van der Waals surface area (Å²) in [5.41, 5.74) is -1.47. The molecule has 0 aromatic heterocycles. The van der Waals surface area contributed by atoms with Crippen LogP contribution in [-0.2, 0) is 14.3 Å². The lowest BCUT2D eigenvalue weighted by Gasteiger charge is -2.27. The molecule has 0 bridgehead atoms. The monoisotopic (exact) mass is 470 g/mol. The van der Waals surface area contributed by atoms with E-state index < -0.39 is 23.2 Å². The normalized spacial score (nSPS) is 11.4. The van der Waals surface area contributed by atoms with Crippen LogP contribution in [0.15, 0.2) is 18.2 Å². The van der Waals surface area contributed by atoms with Gasteiger partial charge in [0, 0.05) is 0 Å². The maximum Gasteiger partial charge on any atom is 0.329 e. The molecule has 0 atom stereocenters. The Kier molecular flexibility index (Phi) is 14.3. The summed E-state index contributed by atoms with van der Waals surface area (Å²) in [6.45, 7) is 5.94. The standard InChI is InChI=1S/C26H40ClFO4/c1-4-7-8-9-10-11-12-13-14-15-16-20-31-24(29)26(5-2,6-3)25(30)32-23-21(27)18-17-19-22(23)28/h17-19H,4-16,20H2,1-3H3. The van der Waals surface area contributed by atoms with Crippen LogP contribution in [0, 0.1) is 11.2 Å². The van der Waals surface area contributed by atoms with Gasteiger partial charge in [0.1, 0.15) is 0 Å². The molecule has 0 fully saturated rings. The molecule has 0 saturated carbocycles. The highest BCUT2D eigenvalue weighted by atomic mass is 35.5. The minimum absolute atomic E-state index is 0.0196. The molecule has 0 heterocycles. The highest BCUT2D eigenvalue weighted by molar-refractivity contribution is 6.32. The van der Waals surface area contributed by atoms with E-state index in [4.69, 9.17) is 21.1 Å². The van der Waals surface area contributed by atoms with Crippen molar-refractivity contribution in [1.29, 1.82) is 0 Å². The summed E-state index contributed by atoms with van der Waals surface area (Å²) < 4.78 is 24.6. The molecule has 1 rings (SSSR count). The lowest BCUT2D eigenvalue weighted by Crippen LogP contribution is -2.42. The van der Waals surface area contributed by atoms with Gasteiger partial charge in [-0.3, -0.25) is 9.59 Å². The van der Waals surface area contributed by atoms with E-state index in [1.165, 1.54) is 63.5 Å². The fourth-order valence-electron chi connectivity index (χ4n) is 3.75. The maximum absolute atomic E-state index is 14.0. The molecule has 6 heteroatoms. The Hall–Kier alpha value is -1.62. The molecule has 0 spiro atoms. The van der Waals surface area contributed by atoms with Crippen molar-refractivity contribution in [3.63, 3.8) is 0 Å². The van der Waals surface area contributed by atoms with Gasteiger partial charge in [0.15, 0.2) is 17.0 Å². The summed E-state index contributed by atoms with van der Waals surface area (Å²) in [5, 5.41) is -0.0196. The molecule has 0 aliphatic rings. The van der Waals surface area contributed by atoms with Crippen molar-refractivity contribution in [1.82, 2.24) is 0 Å². The molecule has 182 valence electrons. The van der Waals surface area contributed by atoms with Gasteiger partial charge in [-0.1, -0.05) is 103 Å². The van der Waals surface area contributed by atoms with Crippen LogP contribution in [-0.4, -0.2) is 18.5 Å². The second kappa shape index (κ2) is 16.1. The lowest BCUT2D eigenvalue weighted by atomic mass is 9.82. The van der Waals surface area contributed by atoms with Crippen LogP contribution in [0.4, 0.5) is 4.39 Å². The molecule has 0 radical (unpaired) electrons. The van der Waals surface area contributed by atoms with Gasteiger partial charge in [-0.15, -0.1) is 0 Å².